The molecule has 0 radical (unpaired) electrons. The van der Waals surface area contributed by atoms with Gasteiger partial charge in [0.15, 0.2) is 5.69 Å². The largest absolute Gasteiger partial charge is 0.435 e. The van der Waals surface area contributed by atoms with E-state index in [0.717, 1.165) is 28.3 Å². The standard InChI is InChI=1S/C30H30F3N3O3S/c1-19(2)17-22-7-11-23(12-8-22)21(4)29(37)35-40(38,39)26-15-13-25(14-16-26)36-27(18-28(34-36)30(31,32)33)24-9-5-20(3)6-10-24/h5-16,18-19,21H,17H2,1-4H3,(H,35,37). The van der Waals surface area contributed by atoms with Crippen molar-refractivity contribution in [3.05, 3.63) is 101 Å². The van der Waals surface area contributed by atoms with Gasteiger partial charge < -0.3 is 0 Å². The van der Waals surface area contributed by atoms with Crippen molar-refractivity contribution in [3.63, 3.8) is 0 Å². The quantitative estimate of drug-likeness (QED) is 0.257. The van der Waals surface area contributed by atoms with Crippen LogP contribution in [0.5, 0.6) is 0 Å². The number of alkyl halides is 3. The molecular formula is C30H30F3N3O3S. The number of carbonyl (C=O) groups is 1. The van der Waals surface area contributed by atoms with Crippen LogP contribution in [0.15, 0.2) is 83.8 Å². The molecule has 0 saturated carbocycles. The van der Waals surface area contributed by atoms with Gasteiger partial charge in [-0.25, -0.2) is 17.8 Å². The average Bonchev–Trinajstić information content (AvgIpc) is 3.35. The summed E-state index contributed by atoms with van der Waals surface area (Å²) in [4.78, 5) is 12.6. The molecule has 0 saturated heterocycles. The highest BCUT2D eigenvalue weighted by Crippen LogP contribution is 2.33. The van der Waals surface area contributed by atoms with E-state index in [1.165, 1.54) is 24.3 Å². The Kier molecular flexibility index (Phi) is 8.20. The number of nitrogens with zero attached hydrogens (tertiary/aromatic N) is 2. The second-order valence-corrected chi connectivity index (χ2v) is 11.9. The minimum atomic E-state index is -4.66. The molecule has 0 spiro atoms. The minimum Gasteiger partial charge on any atom is -0.273 e. The molecule has 0 aliphatic rings. The van der Waals surface area contributed by atoms with Crippen molar-refractivity contribution in [1.29, 1.82) is 0 Å². The molecule has 0 aliphatic carbocycles. The molecule has 0 bridgehead atoms. The summed E-state index contributed by atoms with van der Waals surface area (Å²) < 4.78 is 69.6. The molecule has 6 nitrogen and oxygen atoms in total. The van der Waals surface area contributed by atoms with Gasteiger partial charge in [-0.05, 0) is 67.6 Å². The van der Waals surface area contributed by atoms with Crippen LogP contribution in [0.2, 0.25) is 0 Å². The van der Waals surface area contributed by atoms with Gasteiger partial charge in [0, 0.05) is 5.56 Å². The van der Waals surface area contributed by atoms with Gasteiger partial charge >= 0.3 is 6.18 Å². The molecule has 210 valence electrons. The van der Waals surface area contributed by atoms with E-state index in [4.69, 9.17) is 0 Å². The fraction of sp³-hybridized carbons (Fsp3) is 0.267. The first kappa shape index (κ1) is 29.1. The summed E-state index contributed by atoms with van der Waals surface area (Å²) in [6.45, 7) is 7.71. The van der Waals surface area contributed by atoms with Gasteiger partial charge in [0.2, 0.25) is 5.91 Å². The molecule has 0 aliphatic heterocycles. The van der Waals surface area contributed by atoms with Crippen LogP contribution in [0.1, 0.15) is 49.1 Å². The van der Waals surface area contributed by atoms with Gasteiger partial charge in [0.1, 0.15) is 0 Å². The summed E-state index contributed by atoms with van der Waals surface area (Å²) in [6.07, 6.45) is -3.77. The number of carbonyl (C=O) groups excluding carboxylic acids is 1. The molecule has 1 unspecified atom stereocenters. The van der Waals surface area contributed by atoms with Crippen LogP contribution < -0.4 is 4.72 Å². The predicted molar refractivity (Wildman–Crippen MR) is 147 cm³/mol. The lowest BCUT2D eigenvalue weighted by molar-refractivity contribution is -0.141. The highest BCUT2D eigenvalue weighted by molar-refractivity contribution is 7.90. The van der Waals surface area contributed by atoms with Crippen LogP contribution in [0.3, 0.4) is 0 Å². The number of benzene rings is 3. The number of aryl methyl sites for hydroxylation is 1. The Morgan fingerprint density at radius 1 is 0.925 bits per heavy atom. The molecule has 40 heavy (non-hydrogen) atoms. The van der Waals surface area contributed by atoms with Crippen LogP contribution in [-0.4, -0.2) is 24.1 Å². The molecular weight excluding hydrogens is 539 g/mol. The third kappa shape index (κ3) is 6.62. The van der Waals surface area contributed by atoms with Gasteiger partial charge in [-0.1, -0.05) is 67.9 Å². The molecule has 0 fully saturated rings. The topological polar surface area (TPSA) is 81.1 Å². The van der Waals surface area contributed by atoms with Crippen LogP contribution >= 0.6 is 0 Å². The summed E-state index contributed by atoms with van der Waals surface area (Å²) in [5.74, 6) is -0.925. The van der Waals surface area contributed by atoms with Gasteiger partial charge in [0.05, 0.1) is 22.2 Å². The number of hydrogen-bond acceptors (Lipinski definition) is 4. The highest BCUT2D eigenvalue weighted by atomic mass is 32.2. The number of hydrogen-bond donors (Lipinski definition) is 1. The summed E-state index contributed by atoms with van der Waals surface area (Å²) in [5, 5.41) is 3.74. The summed E-state index contributed by atoms with van der Waals surface area (Å²) in [5.41, 5.74) is 2.63. The van der Waals surface area contributed by atoms with Gasteiger partial charge in [-0.3, -0.25) is 4.79 Å². The zero-order valence-corrected chi connectivity index (χ0v) is 23.3. The smallest absolute Gasteiger partial charge is 0.273 e. The van der Waals surface area contributed by atoms with E-state index in [0.29, 0.717) is 17.0 Å². The van der Waals surface area contributed by atoms with Crippen molar-refractivity contribution in [2.24, 2.45) is 5.92 Å². The number of halogens is 3. The Labute approximate surface area is 231 Å². The summed E-state index contributed by atoms with van der Waals surface area (Å²) in [7, 11) is -4.23. The van der Waals surface area contributed by atoms with Crippen LogP contribution in [-0.2, 0) is 27.4 Å². The zero-order chi connectivity index (χ0) is 29.2. The Morgan fingerprint density at radius 2 is 1.52 bits per heavy atom. The predicted octanol–water partition coefficient (Wildman–Crippen LogP) is 6.67. The lowest BCUT2D eigenvalue weighted by Gasteiger charge is -2.14. The Hall–Kier alpha value is -3.92. The van der Waals surface area contributed by atoms with Crippen molar-refractivity contribution in [2.75, 3.05) is 0 Å². The minimum absolute atomic E-state index is 0.199. The first-order valence-corrected chi connectivity index (χ1v) is 14.2. The molecule has 4 rings (SSSR count). The van der Waals surface area contributed by atoms with Crippen molar-refractivity contribution in [2.45, 2.75) is 51.1 Å². The highest BCUT2D eigenvalue weighted by Gasteiger charge is 2.35. The van der Waals surface area contributed by atoms with Crippen LogP contribution in [0.4, 0.5) is 13.2 Å². The number of rotatable bonds is 8. The SMILES string of the molecule is Cc1ccc(-c2cc(C(F)(F)F)nn2-c2ccc(S(=O)(=O)NC(=O)C(C)c3ccc(CC(C)C)cc3)cc2)cc1. The van der Waals surface area contributed by atoms with Gasteiger partial charge in [-0.15, -0.1) is 0 Å². The maximum absolute atomic E-state index is 13.5. The zero-order valence-electron chi connectivity index (χ0n) is 22.5. The molecule has 4 aromatic rings. The van der Waals surface area contributed by atoms with Gasteiger partial charge in [0.25, 0.3) is 10.0 Å². The molecule has 1 aromatic heterocycles. The number of nitrogens with one attached hydrogen (secondary N) is 1. The first-order valence-electron chi connectivity index (χ1n) is 12.7. The fourth-order valence-corrected chi connectivity index (χ4v) is 5.31. The maximum Gasteiger partial charge on any atom is 0.435 e. The van der Waals surface area contributed by atoms with Crippen molar-refractivity contribution in [1.82, 2.24) is 14.5 Å². The molecule has 1 amide bonds. The second-order valence-electron chi connectivity index (χ2n) is 10.2. The van der Waals surface area contributed by atoms with E-state index in [9.17, 15) is 26.4 Å². The third-order valence-electron chi connectivity index (χ3n) is 6.49. The Balaban J connectivity index is 1.56. The fourth-order valence-electron chi connectivity index (χ4n) is 4.26. The lowest BCUT2D eigenvalue weighted by atomic mass is 9.96. The van der Waals surface area contributed by atoms with E-state index < -0.39 is 33.7 Å². The van der Waals surface area contributed by atoms with Crippen molar-refractivity contribution < 1.29 is 26.4 Å². The van der Waals surface area contributed by atoms with E-state index in [1.54, 1.807) is 31.2 Å². The number of aromatic nitrogens is 2. The molecule has 3 aromatic carbocycles. The molecule has 1 heterocycles. The Bertz CT molecular complexity index is 1590. The van der Waals surface area contributed by atoms with Crippen LogP contribution in [0, 0.1) is 12.8 Å². The van der Waals surface area contributed by atoms with Crippen LogP contribution in [0.25, 0.3) is 16.9 Å². The van der Waals surface area contributed by atoms with E-state index in [-0.39, 0.29) is 16.3 Å². The average molecular weight is 570 g/mol. The molecule has 10 heteroatoms. The Morgan fingerprint density at radius 3 is 2.08 bits per heavy atom. The molecule has 1 N–H and O–H groups in total. The number of amides is 1. The van der Waals surface area contributed by atoms with Crippen molar-refractivity contribution >= 4 is 15.9 Å². The summed E-state index contributed by atoms with van der Waals surface area (Å²) >= 11 is 0. The van der Waals surface area contributed by atoms with E-state index >= 15 is 0 Å². The first-order chi connectivity index (χ1) is 18.7. The van der Waals surface area contributed by atoms with E-state index in [2.05, 4.69) is 23.7 Å². The molecule has 1 atom stereocenters. The third-order valence-corrected chi connectivity index (χ3v) is 7.85. The maximum atomic E-state index is 13.5. The second kappa shape index (κ2) is 11.3. The normalized spacial score (nSPS) is 12.9. The number of sulfonamides is 1. The van der Waals surface area contributed by atoms with E-state index in [1.807, 2.05) is 31.2 Å². The van der Waals surface area contributed by atoms with Crippen molar-refractivity contribution in [3.8, 4) is 16.9 Å². The van der Waals surface area contributed by atoms with Gasteiger partial charge in [-0.2, -0.15) is 18.3 Å². The summed E-state index contributed by atoms with van der Waals surface area (Å²) in [6, 6.07) is 20.5. The lowest BCUT2D eigenvalue weighted by Crippen LogP contribution is -2.33. The monoisotopic (exact) mass is 569 g/mol.